The Balaban J connectivity index is 1.35. The first-order valence-corrected chi connectivity index (χ1v) is 15.3. The van der Waals surface area contributed by atoms with Crippen LogP contribution in [0.2, 0.25) is 5.02 Å². The molecule has 0 radical (unpaired) electrons. The second-order valence-electron chi connectivity index (χ2n) is 10.9. The lowest BCUT2D eigenvalue weighted by Gasteiger charge is -2.44. The number of halogens is 1. The number of fused-ring (bicyclic) bond motifs is 4. The minimum absolute atomic E-state index is 0.0169. The SMILES string of the molecule is O=C(NC1CCCC1)c1ccc(N2C[C@H]3C[C@@H](C2)c2cccc(=O)n2C3)c(NS(=O)(=O)c2cccc(Cl)c2)c1. The summed E-state index contributed by atoms with van der Waals surface area (Å²) in [6.07, 6.45) is 5.09. The van der Waals surface area contributed by atoms with Crippen LogP contribution in [0.3, 0.4) is 0 Å². The van der Waals surface area contributed by atoms with Crippen LogP contribution in [0, 0.1) is 5.92 Å². The molecule has 2 aromatic carbocycles. The van der Waals surface area contributed by atoms with Crippen molar-refractivity contribution in [3.63, 3.8) is 0 Å². The van der Waals surface area contributed by atoms with E-state index in [1.807, 2.05) is 16.7 Å². The molecule has 2 N–H and O–H groups in total. The highest BCUT2D eigenvalue weighted by atomic mass is 35.5. The van der Waals surface area contributed by atoms with E-state index in [1.165, 1.54) is 12.1 Å². The Morgan fingerprint density at radius 3 is 2.54 bits per heavy atom. The molecular formula is C29H31ClN4O4S. The summed E-state index contributed by atoms with van der Waals surface area (Å²) in [7, 11) is -3.97. The minimum Gasteiger partial charge on any atom is -0.369 e. The lowest BCUT2D eigenvalue weighted by molar-refractivity contribution is 0.0938. The third-order valence-corrected chi connectivity index (χ3v) is 9.72. The minimum atomic E-state index is -3.97. The van der Waals surface area contributed by atoms with Crippen LogP contribution in [-0.2, 0) is 16.6 Å². The first kappa shape index (κ1) is 26.0. The Kier molecular flexibility index (Phi) is 6.89. The summed E-state index contributed by atoms with van der Waals surface area (Å²) in [6.45, 7) is 1.95. The van der Waals surface area contributed by atoms with Gasteiger partial charge in [-0.25, -0.2) is 8.42 Å². The van der Waals surface area contributed by atoms with Gasteiger partial charge < -0.3 is 14.8 Å². The average Bonchev–Trinajstić information content (AvgIpc) is 3.42. The van der Waals surface area contributed by atoms with Gasteiger partial charge in [-0.1, -0.05) is 36.6 Å². The van der Waals surface area contributed by atoms with E-state index < -0.39 is 10.0 Å². The average molecular weight is 567 g/mol. The maximum Gasteiger partial charge on any atom is 0.262 e. The molecule has 8 nitrogen and oxygen atoms in total. The number of nitrogens with one attached hydrogen (secondary N) is 2. The highest BCUT2D eigenvalue weighted by Gasteiger charge is 2.35. The second-order valence-corrected chi connectivity index (χ2v) is 13.0. The Morgan fingerprint density at radius 2 is 1.74 bits per heavy atom. The summed E-state index contributed by atoms with van der Waals surface area (Å²) in [5, 5.41) is 3.41. The van der Waals surface area contributed by atoms with E-state index in [1.54, 1.807) is 36.4 Å². The van der Waals surface area contributed by atoms with Crippen molar-refractivity contribution in [1.82, 2.24) is 9.88 Å². The van der Waals surface area contributed by atoms with Gasteiger partial charge in [0.2, 0.25) is 0 Å². The van der Waals surface area contributed by atoms with Crippen molar-refractivity contribution >= 4 is 38.9 Å². The maximum atomic E-state index is 13.4. The van der Waals surface area contributed by atoms with Gasteiger partial charge in [0.1, 0.15) is 0 Å². The number of rotatable bonds is 6. The second kappa shape index (κ2) is 10.4. The van der Waals surface area contributed by atoms with Gasteiger partial charge in [0.25, 0.3) is 21.5 Å². The van der Waals surface area contributed by atoms with Gasteiger partial charge >= 0.3 is 0 Å². The fraction of sp³-hybridized carbons (Fsp3) is 0.379. The van der Waals surface area contributed by atoms with Crippen LogP contribution in [-0.4, -0.2) is 38.0 Å². The standard InChI is InChI=1S/C29H31ClN4O4S/c30-22-5-3-8-24(15-22)39(37,38)32-25-14-20(29(36)31-23-6-1-2-7-23)11-12-27(25)33-16-19-13-21(18-33)26-9-4-10-28(35)34(26)17-19/h3-5,8-12,14-15,19,21,23,32H,1-2,6-7,13,16-18H2,(H,31,36)/t19-,21+/m1/s1. The van der Waals surface area contributed by atoms with Crippen molar-refractivity contribution < 1.29 is 13.2 Å². The highest BCUT2D eigenvalue weighted by molar-refractivity contribution is 7.92. The number of piperidine rings is 1. The zero-order valence-corrected chi connectivity index (χ0v) is 23.0. The number of aromatic nitrogens is 1. The molecule has 3 heterocycles. The first-order valence-electron chi connectivity index (χ1n) is 13.4. The van der Waals surface area contributed by atoms with Crippen molar-refractivity contribution in [3.05, 3.63) is 87.3 Å². The number of carbonyl (C=O) groups excluding carboxylic acids is 1. The van der Waals surface area contributed by atoms with Gasteiger partial charge in [0.05, 0.1) is 16.3 Å². The molecule has 2 aliphatic heterocycles. The van der Waals surface area contributed by atoms with Gasteiger partial charge in [-0.05, 0) is 67.6 Å². The molecule has 6 rings (SSSR count). The van der Waals surface area contributed by atoms with Crippen molar-refractivity contribution in [3.8, 4) is 0 Å². The Hall–Kier alpha value is -3.30. The van der Waals surface area contributed by atoms with E-state index >= 15 is 0 Å². The fourth-order valence-electron chi connectivity index (χ4n) is 6.30. The summed E-state index contributed by atoms with van der Waals surface area (Å²) in [6, 6.07) is 16.9. The fourth-order valence-corrected chi connectivity index (χ4v) is 7.67. The topological polar surface area (TPSA) is 101 Å². The number of anilines is 2. The van der Waals surface area contributed by atoms with Crippen molar-refractivity contribution in [2.75, 3.05) is 22.7 Å². The number of amides is 1. The number of hydrogen-bond acceptors (Lipinski definition) is 5. The van der Waals surface area contributed by atoms with Gasteiger partial charge in [-0.2, -0.15) is 0 Å². The molecule has 2 fully saturated rings. The molecule has 1 aliphatic carbocycles. The first-order chi connectivity index (χ1) is 18.8. The van der Waals surface area contributed by atoms with Crippen LogP contribution in [0.1, 0.15) is 54.1 Å². The summed E-state index contributed by atoms with van der Waals surface area (Å²) < 4.78 is 31.5. The number of pyridine rings is 1. The van der Waals surface area contributed by atoms with E-state index in [4.69, 9.17) is 11.6 Å². The van der Waals surface area contributed by atoms with E-state index in [-0.39, 0.29) is 34.2 Å². The zero-order valence-electron chi connectivity index (χ0n) is 21.5. The zero-order chi connectivity index (χ0) is 27.1. The van der Waals surface area contributed by atoms with Gasteiger partial charge in [-0.15, -0.1) is 0 Å². The van der Waals surface area contributed by atoms with Crippen LogP contribution in [0.5, 0.6) is 0 Å². The number of carbonyl (C=O) groups is 1. The predicted molar refractivity (Wildman–Crippen MR) is 152 cm³/mol. The quantitative estimate of drug-likeness (QED) is 0.454. The van der Waals surface area contributed by atoms with E-state index in [0.29, 0.717) is 41.6 Å². The van der Waals surface area contributed by atoms with Crippen LogP contribution < -0.4 is 20.5 Å². The maximum absolute atomic E-state index is 13.4. The van der Waals surface area contributed by atoms with Crippen LogP contribution in [0.15, 0.2) is 70.4 Å². The largest absolute Gasteiger partial charge is 0.369 e. The number of nitrogens with zero attached hydrogens (tertiary/aromatic N) is 2. The third kappa shape index (κ3) is 5.30. The molecule has 3 aromatic rings. The van der Waals surface area contributed by atoms with E-state index in [0.717, 1.165) is 37.8 Å². The molecule has 0 spiro atoms. The molecule has 204 valence electrons. The molecule has 2 atom stereocenters. The molecule has 1 aromatic heterocycles. The third-order valence-electron chi connectivity index (χ3n) is 8.12. The Labute approximate surface area is 233 Å². The molecule has 0 unspecified atom stereocenters. The molecule has 1 amide bonds. The molecule has 1 saturated heterocycles. The molecule has 1 saturated carbocycles. The summed E-state index contributed by atoms with van der Waals surface area (Å²) in [5.74, 6) is 0.189. The molecule has 3 aliphatic rings. The summed E-state index contributed by atoms with van der Waals surface area (Å²) >= 11 is 6.08. The lowest BCUT2D eigenvalue weighted by atomic mass is 9.83. The normalized spacial score (nSPS) is 20.9. The molecule has 39 heavy (non-hydrogen) atoms. The number of sulfonamides is 1. The van der Waals surface area contributed by atoms with E-state index in [2.05, 4.69) is 14.9 Å². The van der Waals surface area contributed by atoms with Gasteiger partial charge in [0.15, 0.2) is 0 Å². The number of benzene rings is 2. The van der Waals surface area contributed by atoms with Crippen molar-refractivity contribution in [1.29, 1.82) is 0 Å². The van der Waals surface area contributed by atoms with Crippen LogP contribution in [0.25, 0.3) is 0 Å². The number of hydrogen-bond donors (Lipinski definition) is 2. The van der Waals surface area contributed by atoms with Crippen molar-refractivity contribution in [2.45, 2.75) is 55.5 Å². The lowest BCUT2D eigenvalue weighted by Crippen LogP contribution is -2.47. The van der Waals surface area contributed by atoms with Crippen LogP contribution >= 0.6 is 11.6 Å². The summed E-state index contributed by atoms with van der Waals surface area (Å²) in [4.78, 5) is 27.8. The Morgan fingerprint density at radius 1 is 0.949 bits per heavy atom. The van der Waals surface area contributed by atoms with Gasteiger partial charge in [0, 0.05) is 53.9 Å². The van der Waals surface area contributed by atoms with E-state index in [9.17, 15) is 18.0 Å². The van der Waals surface area contributed by atoms with Gasteiger partial charge in [-0.3, -0.25) is 14.3 Å². The summed E-state index contributed by atoms with van der Waals surface area (Å²) in [5.41, 5.74) is 2.49. The molecule has 10 heteroatoms. The Bertz CT molecular complexity index is 1580. The van der Waals surface area contributed by atoms with Crippen LogP contribution in [0.4, 0.5) is 11.4 Å². The van der Waals surface area contributed by atoms with Crippen molar-refractivity contribution in [2.24, 2.45) is 5.92 Å². The highest BCUT2D eigenvalue weighted by Crippen LogP contribution is 2.40. The smallest absolute Gasteiger partial charge is 0.262 e. The monoisotopic (exact) mass is 566 g/mol. The predicted octanol–water partition coefficient (Wildman–Crippen LogP) is 4.60. The molecule has 2 bridgehead atoms. The molecular weight excluding hydrogens is 536 g/mol.